The van der Waals surface area contributed by atoms with Crippen LogP contribution in [-0.4, -0.2) is 66.6 Å². The fourth-order valence-corrected chi connectivity index (χ4v) is 3.41. The van der Waals surface area contributed by atoms with Crippen molar-refractivity contribution in [1.82, 2.24) is 0 Å². The highest BCUT2D eigenvalue weighted by Gasteiger charge is 2.76. The minimum absolute atomic E-state index is 0.407. The van der Waals surface area contributed by atoms with E-state index in [-0.39, 0.29) is 0 Å². The van der Waals surface area contributed by atoms with Crippen LogP contribution in [0.15, 0.2) is 0 Å². The average molecular weight is 568 g/mol. The molecule has 0 unspecified atom stereocenters. The molecule has 35 heavy (non-hydrogen) atoms. The summed E-state index contributed by atoms with van der Waals surface area (Å²) in [5.41, 5.74) is -10.6. The summed E-state index contributed by atoms with van der Waals surface area (Å²) >= 11 is 0. The molecular weight excluding hydrogens is 552 g/mol. The van der Waals surface area contributed by atoms with Gasteiger partial charge in [-0.25, -0.2) is 0 Å². The van der Waals surface area contributed by atoms with Crippen LogP contribution in [-0.2, 0) is 29.2 Å². The van der Waals surface area contributed by atoms with Crippen molar-refractivity contribution in [2.24, 2.45) is 0 Å². The molecule has 0 heterocycles. The van der Waals surface area contributed by atoms with Crippen molar-refractivity contribution in [2.75, 3.05) is 5.75 Å². The van der Waals surface area contributed by atoms with Crippen LogP contribution in [0.3, 0.4) is 0 Å². The van der Waals surface area contributed by atoms with Gasteiger partial charge in [0.1, 0.15) is 5.75 Å². The van der Waals surface area contributed by atoms with Crippen molar-refractivity contribution >= 4 is 22.1 Å². The molecule has 0 atom stereocenters. The molecule has 0 saturated carbocycles. The maximum absolute atomic E-state index is 13.0. The Balaban J connectivity index is 5.35. The minimum Gasteiger partial charge on any atom is -0.439 e. The number of carbonyl (C=O) groups excluding carboxylic acids is 2. The molecule has 0 aromatic rings. The molecule has 1 N–H and O–H groups in total. The summed E-state index contributed by atoms with van der Waals surface area (Å²) in [7, 11) is -6.04. The Kier molecular flexibility index (Phi) is 9.95. The van der Waals surface area contributed by atoms with E-state index in [4.69, 9.17) is 4.55 Å². The predicted molar refractivity (Wildman–Crippen MR) is 87.0 cm³/mol. The van der Waals surface area contributed by atoms with Gasteiger partial charge in [0.05, 0.1) is 0 Å². The fraction of sp³-hybridized carbons (Fsp3) is 0.867. The van der Waals surface area contributed by atoms with Crippen LogP contribution in [0.5, 0.6) is 0 Å². The van der Waals surface area contributed by atoms with E-state index in [9.17, 15) is 70.7 Å². The SMILES string of the molecule is CCC(OC(=O)CCCCC(=O)OC(CS(=O)(=O)O)(C(F)(F)F)C(F)(F)F)(C(F)(F)F)C(F)(F)F. The zero-order valence-corrected chi connectivity index (χ0v) is 17.9. The standard InChI is InChI=1S/C15H16F12O7S/c1-2-10(12(16,17)18,13(19,20)21)33-8(28)5-3-4-6-9(29)34-11(14(22,23)24,15(25,26)27)7-35(30,31)32/h2-7H2,1H3,(H,30,31,32). The Morgan fingerprint density at radius 2 is 0.943 bits per heavy atom. The third-order valence-corrected chi connectivity index (χ3v) is 5.07. The maximum atomic E-state index is 13.0. The van der Waals surface area contributed by atoms with E-state index in [2.05, 4.69) is 9.47 Å². The lowest BCUT2D eigenvalue weighted by molar-refractivity contribution is -0.370. The lowest BCUT2D eigenvalue weighted by Gasteiger charge is -2.35. The van der Waals surface area contributed by atoms with Crippen molar-refractivity contribution in [2.45, 2.75) is 74.9 Å². The van der Waals surface area contributed by atoms with E-state index in [0.717, 1.165) is 0 Å². The topological polar surface area (TPSA) is 107 Å². The number of ether oxygens (including phenoxy) is 2. The van der Waals surface area contributed by atoms with Crippen LogP contribution in [0.25, 0.3) is 0 Å². The first-order chi connectivity index (χ1) is 15.3. The Labute approximate surface area is 188 Å². The zero-order chi connectivity index (χ0) is 28.3. The van der Waals surface area contributed by atoms with Gasteiger partial charge in [-0.1, -0.05) is 6.92 Å². The first-order valence-corrected chi connectivity index (χ1v) is 10.5. The second-order valence-electron chi connectivity index (χ2n) is 6.88. The van der Waals surface area contributed by atoms with Gasteiger partial charge in [0.15, 0.2) is 0 Å². The molecule has 0 saturated heterocycles. The smallest absolute Gasteiger partial charge is 0.438 e. The van der Waals surface area contributed by atoms with Gasteiger partial charge in [-0.2, -0.15) is 61.1 Å². The molecule has 208 valence electrons. The molecule has 0 bridgehead atoms. The quantitative estimate of drug-likeness (QED) is 0.177. The van der Waals surface area contributed by atoms with Crippen LogP contribution >= 0.6 is 0 Å². The van der Waals surface area contributed by atoms with E-state index >= 15 is 0 Å². The number of hydrogen-bond donors (Lipinski definition) is 1. The highest BCUT2D eigenvalue weighted by atomic mass is 32.2. The third kappa shape index (κ3) is 8.01. The monoisotopic (exact) mass is 568 g/mol. The van der Waals surface area contributed by atoms with Gasteiger partial charge in [0.25, 0.3) is 10.1 Å². The van der Waals surface area contributed by atoms with Gasteiger partial charge in [-0.05, 0) is 12.8 Å². The number of esters is 2. The Hall–Kier alpha value is -1.99. The van der Waals surface area contributed by atoms with Gasteiger partial charge >= 0.3 is 47.8 Å². The van der Waals surface area contributed by atoms with E-state index in [1.54, 1.807) is 0 Å². The number of hydrogen-bond acceptors (Lipinski definition) is 6. The Morgan fingerprint density at radius 3 is 1.17 bits per heavy atom. The molecule has 0 aliphatic rings. The molecule has 7 nitrogen and oxygen atoms in total. The van der Waals surface area contributed by atoms with E-state index in [0.29, 0.717) is 6.92 Å². The first-order valence-electron chi connectivity index (χ1n) is 8.92. The molecule has 0 aliphatic heterocycles. The summed E-state index contributed by atoms with van der Waals surface area (Å²) in [5, 5.41) is 0. The number of carbonyl (C=O) groups is 2. The summed E-state index contributed by atoms with van der Waals surface area (Å²) < 4.78 is 192. The lowest BCUT2D eigenvalue weighted by Crippen LogP contribution is -2.63. The van der Waals surface area contributed by atoms with Crippen LogP contribution in [0.1, 0.15) is 39.0 Å². The second kappa shape index (κ2) is 10.6. The van der Waals surface area contributed by atoms with Crippen LogP contribution in [0, 0.1) is 0 Å². The Bertz CT molecular complexity index is 827. The molecular formula is C15H16F12O7S. The number of unbranched alkanes of at least 4 members (excludes halogenated alkanes) is 1. The normalized spacial score (nSPS) is 14.6. The average Bonchev–Trinajstić information content (AvgIpc) is 2.57. The lowest BCUT2D eigenvalue weighted by atomic mass is 9.99. The molecule has 0 aliphatic carbocycles. The van der Waals surface area contributed by atoms with Crippen LogP contribution in [0.2, 0.25) is 0 Å². The number of alkyl halides is 12. The third-order valence-electron chi connectivity index (χ3n) is 4.30. The largest absolute Gasteiger partial charge is 0.439 e. The van der Waals surface area contributed by atoms with Crippen molar-refractivity contribution < 1.29 is 84.7 Å². The first kappa shape index (κ1) is 33.0. The summed E-state index contributed by atoms with van der Waals surface area (Å²) in [6.45, 7) is 0.407. The summed E-state index contributed by atoms with van der Waals surface area (Å²) in [4.78, 5) is 23.0. The van der Waals surface area contributed by atoms with E-state index in [1.807, 2.05) is 0 Å². The van der Waals surface area contributed by atoms with Crippen molar-refractivity contribution in [3.63, 3.8) is 0 Å². The van der Waals surface area contributed by atoms with Gasteiger partial charge < -0.3 is 9.47 Å². The van der Waals surface area contributed by atoms with Gasteiger partial charge in [0, 0.05) is 19.3 Å². The van der Waals surface area contributed by atoms with Crippen molar-refractivity contribution in [3.05, 3.63) is 0 Å². The Morgan fingerprint density at radius 1 is 0.657 bits per heavy atom. The molecule has 0 amide bonds. The van der Waals surface area contributed by atoms with Gasteiger partial charge in [0.2, 0.25) is 0 Å². The zero-order valence-electron chi connectivity index (χ0n) is 17.1. The van der Waals surface area contributed by atoms with Gasteiger partial charge in [-0.15, -0.1) is 0 Å². The highest BCUT2D eigenvalue weighted by Crippen LogP contribution is 2.49. The van der Waals surface area contributed by atoms with Crippen molar-refractivity contribution in [1.29, 1.82) is 0 Å². The molecule has 0 fully saturated rings. The highest BCUT2D eigenvalue weighted by molar-refractivity contribution is 7.85. The fourth-order valence-electron chi connectivity index (χ4n) is 2.51. The minimum atomic E-state index is -6.60. The van der Waals surface area contributed by atoms with Crippen LogP contribution < -0.4 is 0 Å². The maximum Gasteiger partial charge on any atom is 0.438 e. The second-order valence-corrected chi connectivity index (χ2v) is 8.33. The predicted octanol–water partition coefficient (Wildman–Crippen LogP) is 4.66. The van der Waals surface area contributed by atoms with E-state index in [1.165, 1.54) is 0 Å². The summed E-state index contributed by atoms with van der Waals surface area (Å²) in [5.74, 6) is -7.61. The molecule has 0 aromatic heterocycles. The number of rotatable bonds is 10. The van der Waals surface area contributed by atoms with Gasteiger partial charge in [-0.3, -0.25) is 14.1 Å². The molecule has 20 heteroatoms. The molecule has 0 aromatic carbocycles. The van der Waals surface area contributed by atoms with E-state index < -0.39 is 95.8 Å². The number of halogens is 12. The summed E-state index contributed by atoms with van der Waals surface area (Å²) in [6, 6.07) is 0. The molecule has 0 radical (unpaired) electrons. The van der Waals surface area contributed by atoms with Crippen molar-refractivity contribution in [3.8, 4) is 0 Å². The molecule has 0 rings (SSSR count). The summed E-state index contributed by atoms with van der Waals surface area (Å²) in [6.07, 6.45) is -31.6. The van der Waals surface area contributed by atoms with Crippen LogP contribution in [0.4, 0.5) is 52.7 Å². The molecule has 0 spiro atoms.